The molecule has 1 atom stereocenters. The molecule has 92 valence electrons. The first-order valence-corrected chi connectivity index (χ1v) is 5.68. The van der Waals surface area contributed by atoms with Crippen LogP contribution in [0.5, 0.6) is 0 Å². The highest BCUT2D eigenvalue weighted by Gasteiger charge is 2.17. The molecule has 0 radical (unpaired) electrons. The molecular formula is C12H16N2O3. The summed E-state index contributed by atoms with van der Waals surface area (Å²) in [4.78, 5) is 15.1. The predicted molar refractivity (Wildman–Crippen MR) is 61.6 cm³/mol. The highest BCUT2D eigenvalue weighted by atomic mass is 16.5. The summed E-state index contributed by atoms with van der Waals surface area (Å²) in [6.45, 7) is 1.57. The second-order valence-electron chi connectivity index (χ2n) is 4.21. The van der Waals surface area contributed by atoms with Gasteiger partial charge >= 0.3 is 5.97 Å². The number of nitrogens with zero attached hydrogens (tertiary/aromatic N) is 1. The fraction of sp³-hybridized carbons (Fsp3) is 0.500. The Kier molecular flexibility index (Phi) is 3.71. The molecule has 0 amide bonds. The fourth-order valence-corrected chi connectivity index (χ4v) is 2.03. The minimum Gasteiger partial charge on any atom is -0.481 e. The molecule has 1 aliphatic heterocycles. The SMILES string of the molecule is NCC(CC(=O)O)c1cnc2c(c1)COCC2. The van der Waals surface area contributed by atoms with Gasteiger partial charge in [-0.1, -0.05) is 0 Å². The number of rotatable bonds is 4. The lowest BCUT2D eigenvalue weighted by atomic mass is 9.95. The number of carboxylic acid groups (broad SMARTS) is 1. The van der Waals surface area contributed by atoms with E-state index >= 15 is 0 Å². The normalized spacial score (nSPS) is 16.3. The molecule has 0 saturated heterocycles. The predicted octanol–water partition coefficient (Wildman–Crippen LogP) is 0.671. The number of nitrogens with two attached hydrogens (primary N) is 1. The number of pyridine rings is 1. The van der Waals surface area contributed by atoms with Gasteiger partial charge in [-0.05, 0) is 23.7 Å². The highest BCUT2D eigenvalue weighted by molar-refractivity contribution is 5.68. The first kappa shape index (κ1) is 12.0. The zero-order valence-electron chi connectivity index (χ0n) is 9.56. The molecule has 1 unspecified atom stereocenters. The lowest BCUT2D eigenvalue weighted by molar-refractivity contribution is -0.137. The molecule has 0 fully saturated rings. The Labute approximate surface area is 99.6 Å². The summed E-state index contributed by atoms with van der Waals surface area (Å²) in [7, 11) is 0. The van der Waals surface area contributed by atoms with Crippen LogP contribution in [0.4, 0.5) is 0 Å². The molecule has 0 aromatic carbocycles. The van der Waals surface area contributed by atoms with E-state index in [-0.39, 0.29) is 12.3 Å². The molecule has 3 N–H and O–H groups in total. The van der Waals surface area contributed by atoms with Gasteiger partial charge < -0.3 is 15.6 Å². The van der Waals surface area contributed by atoms with Gasteiger partial charge in [0.25, 0.3) is 0 Å². The average molecular weight is 236 g/mol. The van der Waals surface area contributed by atoms with E-state index in [1.54, 1.807) is 6.20 Å². The van der Waals surface area contributed by atoms with Crippen LogP contribution in [0.2, 0.25) is 0 Å². The fourth-order valence-electron chi connectivity index (χ4n) is 2.03. The molecule has 1 aromatic rings. The van der Waals surface area contributed by atoms with Crippen LogP contribution < -0.4 is 5.73 Å². The summed E-state index contributed by atoms with van der Waals surface area (Å²) in [5.74, 6) is -1.01. The van der Waals surface area contributed by atoms with Crippen LogP contribution in [-0.4, -0.2) is 29.2 Å². The number of hydrogen-bond acceptors (Lipinski definition) is 4. The van der Waals surface area contributed by atoms with Gasteiger partial charge in [0.1, 0.15) is 0 Å². The minimum atomic E-state index is -0.838. The lowest BCUT2D eigenvalue weighted by Crippen LogP contribution is -2.18. The third-order valence-electron chi connectivity index (χ3n) is 3.00. The van der Waals surface area contributed by atoms with Crippen molar-refractivity contribution in [2.45, 2.75) is 25.4 Å². The number of aromatic nitrogens is 1. The monoisotopic (exact) mass is 236 g/mol. The van der Waals surface area contributed by atoms with E-state index in [0.717, 1.165) is 23.2 Å². The zero-order valence-corrected chi connectivity index (χ0v) is 9.56. The molecule has 1 aromatic heterocycles. The van der Waals surface area contributed by atoms with E-state index in [0.29, 0.717) is 19.8 Å². The van der Waals surface area contributed by atoms with Gasteiger partial charge in [-0.3, -0.25) is 9.78 Å². The second kappa shape index (κ2) is 5.25. The molecule has 2 rings (SSSR count). The van der Waals surface area contributed by atoms with E-state index in [2.05, 4.69) is 4.98 Å². The maximum Gasteiger partial charge on any atom is 0.304 e. The third-order valence-corrected chi connectivity index (χ3v) is 3.00. The number of ether oxygens (including phenoxy) is 1. The smallest absolute Gasteiger partial charge is 0.304 e. The van der Waals surface area contributed by atoms with Crippen molar-refractivity contribution in [1.29, 1.82) is 0 Å². The molecule has 0 aliphatic carbocycles. The van der Waals surface area contributed by atoms with E-state index in [1.165, 1.54) is 0 Å². The van der Waals surface area contributed by atoms with E-state index in [9.17, 15) is 4.79 Å². The van der Waals surface area contributed by atoms with Crippen molar-refractivity contribution in [3.8, 4) is 0 Å². The standard InChI is InChI=1S/C12H16N2O3/c13-5-8(4-12(15)16)9-3-10-7-17-2-1-11(10)14-6-9/h3,6,8H,1-2,4-5,7,13H2,(H,15,16). The maximum atomic E-state index is 10.7. The van der Waals surface area contributed by atoms with E-state index in [4.69, 9.17) is 15.6 Å². The van der Waals surface area contributed by atoms with E-state index in [1.807, 2.05) is 6.07 Å². The van der Waals surface area contributed by atoms with E-state index < -0.39 is 5.97 Å². The molecule has 0 saturated carbocycles. The molecule has 2 heterocycles. The van der Waals surface area contributed by atoms with Crippen molar-refractivity contribution in [3.63, 3.8) is 0 Å². The van der Waals surface area contributed by atoms with Crippen LogP contribution in [0.15, 0.2) is 12.3 Å². The van der Waals surface area contributed by atoms with Crippen LogP contribution in [0.1, 0.15) is 29.2 Å². The largest absolute Gasteiger partial charge is 0.481 e. The summed E-state index contributed by atoms with van der Waals surface area (Å²) in [5, 5.41) is 8.81. The van der Waals surface area contributed by atoms with Crippen LogP contribution in [0, 0.1) is 0 Å². The second-order valence-corrected chi connectivity index (χ2v) is 4.21. The summed E-state index contributed by atoms with van der Waals surface area (Å²) in [6.07, 6.45) is 2.60. The van der Waals surface area contributed by atoms with Crippen molar-refractivity contribution >= 4 is 5.97 Å². The Morgan fingerprint density at radius 1 is 1.65 bits per heavy atom. The number of carboxylic acids is 1. The average Bonchev–Trinajstić information content (AvgIpc) is 2.35. The quantitative estimate of drug-likeness (QED) is 0.802. The van der Waals surface area contributed by atoms with Gasteiger partial charge in [0.15, 0.2) is 0 Å². The molecular weight excluding hydrogens is 220 g/mol. The van der Waals surface area contributed by atoms with Crippen molar-refractivity contribution < 1.29 is 14.6 Å². The third kappa shape index (κ3) is 2.81. The Morgan fingerprint density at radius 2 is 2.47 bits per heavy atom. The Bertz CT molecular complexity index is 420. The first-order valence-electron chi connectivity index (χ1n) is 5.68. The molecule has 5 heteroatoms. The Morgan fingerprint density at radius 3 is 3.18 bits per heavy atom. The lowest BCUT2D eigenvalue weighted by Gasteiger charge is -2.19. The Balaban J connectivity index is 2.22. The summed E-state index contributed by atoms with van der Waals surface area (Å²) in [6, 6.07) is 1.97. The Hall–Kier alpha value is -1.46. The van der Waals surface area contributed by atoms with Crippen LogP contribution in [-0.2, 0) is 22.6 Å². The molecule has 0 spiro atoms. The summed E-state index contributed by atoms with van der Waals surface area (Å²) >= 11 is 0. The van der Waals surface area contributed by atoms with Gasteiger partial charge in [-0.2, -0.15) is 0 Å². The van der Waals surface area contributed by atoms with Crippen molar-refractivity contribution in [2.75, 3.05) is 13.2 Å². The molecule has 1 aliphatic rings. The van der Waals surface area contributed by atoms with Gasteiger partial charge in [-0.15, -0.1) is 0 Å². The summed E-state index contributed by atoms with van der Waals surface area (Å²) in [5.41, 5.74) is 8.60. The number of carbonyl (C=O) groups is 1. The maximum absolute atomic E-state index is 10.7. The van der Waals surface area contributed by atoms with Crippen LogP contribution >= 0.6 is 0 Å². The topological polar surface area (TPSA) is 85.4 Å². The van der Waals surface area contributed by atoms with Gasteiger partial charge in [0, 0.05) is 24.2 Å². The van der Waals surface area contributed by atoms with Crippen molar-refractivity contribution in [3.05, 3.63) is 29.1 Å². The van der Waals surface area contributed by atoms with Gasteiger partial charge in [-0.25, -0.2) is 0 Å². The van der Waals surface area contributed by atoms with Gasteiger partial charge in [0.05, 0.1) is 19.6 Å². The van der Waals surface area contributed by atoms with Gasteiger partial charge in [0.2, 0.25) is 0 Å². The number of fused-ring (bicyclic) bond motifs is 1. The van der Waals surface area contributed by atoms with Crippen LogP contribution in [0.3, 0.4) is 0 Å². The van der Waals surface area contributed by atoms with Crippen molar-refractivity contribution in [2.24, 2.45) is 5.73 Å². The van der Waals surface area contributed by atoms with Crippen molar-refractivity contribution in [1.82, 2.24) is 4.98 Å². The first-order chi connectivity index (χ1) is 8.20. The zero-order chi connectivity index (χ0) is 12.3. The number of hydrogen-bond donors (Lipinski definition) is 2. The molecule has 17 heavy (non-hydrogen) atoms. The number of aliphatic carboxylic acids is 1. The molecule has 0 bridgehead atoms. The summed E-state index contributed by atoms with van der Waals surface area (Å²) < 4.78 is 5.36. The minimum absolute atomic E-state index is 0.0395. The highest BCUT2D eigenvalue weighted by Crippen LogP contribution is 2.22. The van der Waals surface area contributed by atoms with Crippen LogP contribution in [0.25, 0.3) is 0 Å². The molecule has 5 nitrogen and oxygen atoms in total.